The van der Waals surface area contributed by atoms with E-state index < -0.39 is 8.07 Å². The second-order valence-electron chi connectivity index (χ2n) is 11.5. The average Bonchev–Trinajstić information content (AvgIpc) is 3.68. The van der Waals surface area contributed by atoms with Crippen LogP contribution in [-0.2, 0) is 0 Å². The van der Waals surface area contributed by atoms with Crippen molar-refractivity contribution >= 4 is 72.8 Å². The Labute approximate surface area is 261 Å². The number of benzene rings is 6. The summed E-state index contributed by atoms with van der Waals surface area (Å²) in [6, 6.07) is 56.4. The quantitative estimate of drug-likeness (QED) is 0.150. The summed E-state index contributed by atoms with van der Waals surface area (Å²) >= 11 is 0. The molecule has 9 aromatic rings. The summed E-state index contributed by atoms with van der Waals surface area (Å²) in [7, 11) is -2.68. The molecule has 9 rings (SSSR count). The van der Waals surface area contributed by atoms with Gasteiger partial charge in [-0.25, -0.2) is 0 Å². The largest absolute Gasteiger partial charge is 0.456 e. The Morgan fingerprint density at radius 1 is 0.422 bits per heavy atom. The first kappa shape index (κ1) is 25.8. The van der Waals surface area contributed by atoms with Gasteiger partial charge in [0, 0.05) is 27.9 Å². The van der Waals surface area contributed by atoms with Gasteiger partial charge in [-0.05, 0) is 62.7 Å². The summed E-state index contributed by atoms with van der Waals surface area (Å²) in [5.74, 6) is 0. The first-order chi connectivity index (χ1) is 22.3. The Kier molecular flexibility index (Phi) is 5.83. The summed E-state index contributed by atoms with van der Waals surface area (Å²) in [6.45, 7) is 0. The van der Waals surface area contributed by atoms with Gasteiger partial charge < -0.3 is 8.83 Å². The number of para-hydroxylation sites is 1. The zero-order valence-corrected chi connectivity index (χ0v) is 25.4. The fourth-order valence-corrected chi connectivity index (χ4v) is 11.8. The van der Waals surface area contributed by atoms with E-state index in [-0.39, 0.29) is 0 Å². The van der Waals surface area contributed by atoms with Gasteiger partial charge in [0.25, 0.3) is 0 Å². The average molecular weight is 594 g/mol. The molecule has 0 N–H and O–H groups in total. The molecule has 45 heavy (non-hydrogen) atoms. The van der Waals surface area contributed by atoms with E-state index in [0.29, 0.717) is 0 Å². The number of aromatic nitrogens is 1. The molecule has 212 valence electrons. The number of hydrogen-bond acceptors (Lipinski definition) is 3. The maximum absolute atomic E-state index is 6.44. The minimum atomic E-state index is -2.68. The van der Waals surface area contributed by atoms with E-state index >= 15 is 0 Å². The molecule has 0 aliphatic heterocycles. The van der Waals surface area contributed by atoms with Crippen LogP contribution in [0, 0.1) is 0 Å². The Hall–Kier alpha value is -5.71. The van der Waals surface area contributed by atoms with Crippen molar-refractivity contribution < 1.29 is 8.83 Å². The van der Waals surface area contributed by atoms with Crippen LogP contribution in [0.1, 0.15) is 0 Å². The summed E-state index contributed by atoms with van der Waals surface area (Å²) in [4.78, 5) is 4.68. The molecule has 0 amide bonds. The molecule has 0 aliphatic rings. The lowest BCUT2D eigenvalue weighted by molar-refractivity contribution is 0.668. The zero-order valence-electron chi connectivity index (χ0n) is 24.4. The standard InChI is InChI=1S/C41H27NO2Si/c1-4-12-29(13-5-1)45(30-14-6-2-7-15-30,31-16-8-3-9-17-31)32-21-23-39-36(27-32)35-26-28(20-22-38(35)43-39)33-24-25-42-40-34-18-10-11-19-37(34)44-41(33)40/h1-27H. The van der Waals surface area contributed by atoms with Crippen molar-refractivity contribution in [2.75, 3.05) is 0 Å². The molecule has 0 saturated heterocycles. The van der Waals surface area contributed by atoms with Crippen LogP contribution in [0.4, 0.5) is 0 Å². The predicted octanol–water partition coefficient (Wildman–Crippen LogP) is 7.92. The molecule has 0 fully saturated rings. The van der Waals surface area contributed by atoms with Gasteiger partial charge in [-0.1, -0.05) is 121 Å². The Morgan fingerprint density at radius 3 is 1.64 bits per heavy atom. The van der Waals surface area contributed by atoms with E-state index in [2.05, 4.69) is 138 Å². The topological polar surface area (TPSA) is 39.2 Å². The smallest absolute Gasteiger partial charge is 0.179 e. The van der Waals surface area contributed by atoms with Gasteiger partial charge in [0.15, 0.2) is 13.7 Å². The van der Waals surface area contributed by atoms with E-state index in [1.54, 1.807) is 0 Å². The zero-order chi connectivity index (χ0) is 29.8. The first-order valence-corrected chi connectivity index (χ1v) is 17.2. The molecule has 0 radical (unpaired) electrons. The fraction of sp³-hybridized carbons (Fsp3) is 0. The highest BCUT2D eigenvalue weighted by atomic mass is 28.3. The van der Waals surface area contributed by atoms with Gasteiger partial charge in [-0.3, -0.25) is 4.98 Å². The molecule has 3 aromatic heterocycles. The van der Waals surface area contributed by atoms with E-state index in [9.17, 15) is 0 Å². The number of furan rings is 2. The van der Waals surface area contributed by atoms with Gasteiger partial charge >= 0.3 is 0 Å². The second kappa shape index (κ2) is 10.2. The molecule has 0 aliphatic carbocycles. The third kappa shape index (κ3) is 3.93. The van der Waals surface area contributed by atoms with Crippen molar-refractivity contribution in [2.24, 2.45) is 0 Å². The van der Waals surface area contributed by atoms with Crippen LogP contribution >= 0.6 is 0 Å². The molecule has 0 bridgehead atoms. The van der Waals surface area contributed by atoms with Crippen LogP contribution in [-0.4, -0.2) is 13.1 Å². The monoisotopic (exact) mass is 593 g/mol. The van der Waals surface area contributed by atoms with Crippen molar-refractivity contribution in [3.63, 3.8) is 0 Å². The van der Waals surface area contributed by atoms with Gasteiger partial charge in [0.1, 0.15) is 22.3 Å². The van der Waals surface area contributed by atoms with Crippen LogP contribution in [0.5, 0.6) is 0 Å². The van der Waals surface area contributed by atoms with Gasteiger partial charge in [0.05, 0.1) is 0 Å². The van der Waals surface area contributed by atoms with Crippen LogP contribution < -0.4 is 20.7 Å². The van der Waals surface area contributed by atoms with Crippen LogP contribution in [0.2, 0.25) is 0 Å². The van der Waals surface area contributed by atoms with E-state index in [1.807, 2.05) is 30.5 Å². The molecule has 3 heterocycles. The van der Waals surface area contributed by atoms with Crippen molar-refractivity contribution in [3.05, 3.63) is 164 Å². The first-order valence-electron chi connectivity index (χ1n) is 15.2. The van der Waals surface area contributed by atoms with Crippen molar-refractivity contribution in [1.29, 1.82) is 0 Å². The minimum absolute atomic E-state index is 0.801. The summed E-state index contributed by atoms with van der Waals surface area (Å²) in [6.07, 6.45) is 1.87. The number of rotatable bonds is 5. The van der Waals surface area contributed by atoms with Crippen molar-refractivity contribution in [2.45, 2.75) is 0 Å². The minimum Gasteiger partial charge on any atom is -0.456 e. The predicted molar refractivity (Wildman–Crippen MR) is 188 cm³/mol. The molecule has 0 spiro atoms. The second-order valence-corrected chi connectivity index (χ2v) is 15.3. The molecule has 3 nitrogen and oxygen atoms in total. The van der Waals surface area contributed by atoms with E-state index in [1.165, 1.54) is 20.7 Å². The normalized spacial score (nSPS) is 12.0. The highest BCUT2D eigenvalue weighted by Gasteiger charge is 2.41. The summed E-state index contributed by atoms with van der Waals surface area (Å²) in [5, 5.41) is 8.58. The van der Waals surface area contributed by atoms with E-state index in [4.69, 9.17) is 8.83 Å². The lowest BCUT2D eigenvalue weighted by atomic mass is 10.0. The third-order valence-corrected chi connectivity index (χ3v) is 13.9. The number of nitrogens with zero attached hydrogens (tertiary/aromatic N) is 1. The molecular formula is C41H27NO2Si. The van der Waals surface area contributed by atoms with Gasteiger partial charge in [-0.2, -0.15) is 0 Å². The lowest BCUT2D eigenvalue weighted by Crippen LogP contribution is -2.74. The SMILES string of the molecule is c1ccc([Si](c2ccccc2)(c2ccccc2)c2ccc3oc4ccc(-c5ccnc6c5oc5ccccc56)cc4c3c2)cc1. The van der Waals surface area contributed by atoms with Gasteiger partial charge in [0.2, 0.25) is 0 Å². The lowest BCUT2D eigenvalue weighted by Gasteiger charge is -2.34. The summed E-state index contributed by atoms with van der Waals surface area (Å²) < 4.78 is 12.8. The van der Waals surface area contributed by atoms with Crippen molar-refractivity contribution in [1.82, 2.24) is 4.98 Å². The molecule has 0 unspecified atom stereocenters. The van der Waals surface area contributed by atoms with Gasteiger partial charge in [-0.15, -0.1) is 0 Å². The fourth-order valence-electron chi connectivity index (χ4n) is 7.07. The Balaban J connectivity index is 1.31. The van der Waals surface area contributed by atoms with E-state index in [0.717, 1.165) is 55.1 Å². The molecule has 6 aromatic carbocycles. The van der Waals surface area contributed by atoms with Crippen LogP contribution in [0.15, 0.2) is 173 Å². The highest BCUT2D eigenvalue weighted by molar-refractivity contribution is 7.20. The number of hydrogen-bond donors (Lipinski definition) is 0. The Bertz CT molecular complexity index is 2380. The third-order valence-electron chi connectivity index (χ3n) is 9.09. The number of pyridine rings is 1. The Morgan fingerprint density at radius 2 is 0.978 bits per heavy atom. The molecule has 0 atom stereocenters. The van der Waals surface area contributed by atoms with Crippen molar-refractivity contribution in [3.8, 4) is 11.1 Å². The van der Waals surface area contributed by atoms with Crippen LogP contribution in [0.3, 0.4) is 0 Å². The molecular weight excluding hydrogens is 567 g/mol. The van der Waals surface area contributed by atoms with Crippen LogP contribution in [0.25, 0.3) is 55.1 Å². The highest BCUT2D eigenvalue weighted by Crippen LogP contribution is 2.37. The maximum Gasteiger partial charge on any atom is 0.179 e. The molecule has 0 saturated carbocycles. The summed E-state index contributed by atoms with van der Waals surface area (Å²) in [5.41, 5.74) is 6.36. The molecule has 4 heteroatoms. The maximum atomic E-state index is 6.44. The number of fused-ring (bicyclic) bond motifs is 6.